The van der Waals surface area contributed by atoms with Crippen molar-refractivity contribution in [2.45, 2.75) is 38.9 Å². The maximum Gasteiger partial charge on any atom is 0.258 e. The zero-order chi connectivity index (χ0) is 17.4. The number of halogens is 1. The Balaban J connectivity index is 1.61. The fourth-order valence-electron chi connectivity index (χ4n) is 3.39. The molecule has 0 radical (unpaired) electrons. The minimum Gasteiger partial charge on any atom is -0.324 e. The van der Waals surface area contributed by atoms with Gasteiger partial charge in [-0.05, 0) is 31.2 Å². The molecule has 1 N–H and O–H groups in total. The molecule has 0 aliphatic heterocycles. The molecular formula is C20H21FN3O+. The summed E-state index contributed by atoms with van der Waals surface area (Å²) in [5.74, 6) is -0.212. The molecule has 1 aliphatic carbocycles. The van der Waals surface area contributed by atoms with Crippen LogP contribution in [0.15, 0.2) is 53.3 Å². The van der Waals surface area contributed by atoms with Gasteiger partial charge in [-0.1, -0.05) is 18.2 Å². The van der Waals surface area contributed by atoms with Crippen molar-refractivity contribution in [2.75, 3.05) is 0 Å². The molecular weight excluding hydrogens is 317 g/mol. The van der Waals surface area contributed by atoms with Crippen LogP contribution in [-0.2, 0) is 13.1 Å². The fourth-order valence-corrected chi connectivity index (χ4v) is 3.39. The molecule has 1 aliphatic rings. The fraction of sp³-hybridized carbons (Fsp3) is 0.300. The average Bonchev–Trinajstić information content (AvgIpc) is 3.41. The predicted octanol–water partition coefficient (Wildman–Crippen LogP) is 1.89. The Morgan fingerprint density at radius 3 is 2.64 bits per heavy atom. The van der Waals surface area contributed by atoms with Crippen LogP contribution in [0, 0.1) is 12.7 Å². The van der Waals surface area contributed by atoms with Crippen LogP contribution in [0.4, 0.5) is 4.39 Å². The smallest absolute Gasteiger partial charge is 0.258 e. The summed E-state index contributed by atoms with van der Waals surface area (Å²) in [4.78, 5) is 18.5. The Morgan fingerprint density at radius 2 is 1.92 bits per heavy atom. The first-order valence-electron chi connectivity index (χ1n) is 8.67. The summed E-state index contributed by atoms with van der Waals surface area (Å²) in [6.07, 6.45) is 2.39. The van der Waals surface area contributed by atoms with Gasteiger partial charge in [-0.25, -0.2) is 9.37 Å². The van der Waals surface area contributed by atoms with E-state index < -0.39 is 0 Å². The minimum absolute atomic E-state index is 0.0324. The molecule has 1 unspecified atom stereocenters. The highest BCUT2D eigenvalue weighted by Gasteiger charge is 2.33. The second-order valence-corrected chi connectivity index (χ2v) is 6.86. The molecule has 1 aromatic carbocycles. The first-order valence-corrected chi connectivity index (χ1v) is 8.67. The van der Waals surface area contributed by atoms with E-state index in [1.807, 2.05) is 37.3 Å². The van der Waals surface area contributed by atoms with E-state index in [1.165, 1.54) is 29.9 Å². The normalized spacial score (nSPS) is 15.4. The van der Waals surface area contributed by atoms with Crippen LogP contribution in [0.3, 0.4) is 0 Å². The summed E-state index contributed by atoms with van der Waals surface area (Å²) in [6, 6.07) is 14.6. The molecule has 25 heavy (non-hydrogen) atoms. The van der Waals surface area contributed by atoms with E-state index in [-0.39, 0.29) is 11.4 Å². The number of nitrogens with zero attached hydrogens (tertiary/aromatic N) is 2. The van der Waals surface area contributed by atoms with E-state index in [9.17, 15) is 9.18 Å². The number of pyridine rings is 1. The summed E-state index contributed by atoms with van der Waals surface area (Å²) in [6.45, 7) is 3.44. The van der Waals surface area contributed by atoms with Crippen molar-refractivity contribution in [2.24, 2.45) is 0 Å². The molecule has 0 saturated heterocycles. The van der Waals surface area contributed by atoms with Crippen LogP contribution >= 0.6 is 0 Å². The third-order valence-corrected chi connectivity index (χ3v) is 4.84. The highest BCUT2D eigenvalue weighted by atomic mass is 19.1. The lowest BCUT2D eigenvalue weighted by molar-refractivity contribution is -0.938. The highest BCUT2D eigenvalue weighted by Crippen LogP contribution is 2.16. The first-order chi connectivity index (χ1) is 12.1. The second kappa shape index (κ2) is 6.41. The molecule has 128 valence electrons. The third-order valence-electron chi connectivity index (χ3n) is 4.84. The van der Waals surface area contributed by atoms with E-state index >= 15 is 0 Å². The van der Waals surface area contributed by atoms with Crippen LogP contribution < -0.4 is 10.5 Å². The maximum absolute atomic E-state index is 13.1. The summed E-state index contributed by atoms with van der Waals surface area (Å²) >= 11 is 0. The lowest BCUT2D eigenvalue weighted by atomic mass is 10.2. The molecule has 5 heteroatoms. The Bertz CT molecular complexity index is 961. The van der Waals surface area contributed by atoms with Gasteiger partial charge in [-0.15, -0.1) is 0 Å². The Hall–Kier alpha value is -2.53. The zero-order valence-electron chi connectivity index (χ0n) is 14.2. The lowest BCUT2D eigenvalue weighted by Crippen LogP contribution is -3.10. The summed E-state index contributed by atoms with van der Waals surface area (Å²) in [5, 5.41) is 0. The van der Waals surface area contributed by atoms with E-state index in [2.05, 4.69) is 4.98 Å². The van der Waals surface area contributed by atoms with Gasteiger partial charge >= 0.3 is 0 Å². The van der Waals surface area contributed by atoms with Crippen molar-refractivity contribution in [1.82, 2.24) is 9.38 Å². The van der Waals surface area contributed by atoms with Crippen molar-refractivity contribution in [3.8, 4) is 0 Å². The van der Waals surface area contributed by atoms with E-state index in [0.29, 0.717) is 18.2 Å². The molecule has 2 heterocycles. The van der Waals surface area contributed by atoms with Gasteiger partial charge in [-0.3, -0.25) is 9.20 Å². The molecule has 3 aromatic rings. The first kappa shape index (κ1) is 16.0. The molecule has 0 spiro atoms. The molecule has 2 aromatic heterocycles. The molecule has 4 rings (SSSR count). The molecule has 0 amide bonds. The summed E-state index contributed by atoms with van der Waals surface area (Å²) in [5.41, 5.74) is 3.48. The molecule has 1 fully saturated rings. The molecule has 1 saturated carbocycles. The summed E-state index contributed by atoms with van der Waals surface area (Å²) < 4.78 is 14.8. The van der Waals surface area contributed by atoms with Gasteiger partial charge in [0.15, 0.2) is 0 Å². The second-order valence-electron chi connectivity index (χ2n) is 6.86. The minimum atomic E-state index is -0.212. The van der Waals surface area contributed by atoms with Gasteiger partial charge in [-0.2, -0.15) is 0 Å². The van der Waals surface area contributed by atoms with E-state index in [0.717, 1.165) is 23.5 Å². The number of fused-ring (bicyclic) bond motifs is 1. The maximum atomic E-state index is 13.1. The molecule has 4 nitrogen and oxygen atoms in total. The van der Waals surface area contributed by atoms with Crippen molar-refractivity contribution < 1.29 is 9.29 Å². The zero-order valence-corrected chi connectivity index (χ0v) is 14.2. The number of hydrogen-bond acceptors (Lipinski definition) is 2. The number of aryl methyl sites for hydroxylation is 1. The number of aromatic nitrogens is 2. The third kappa shape index (κ3) is 3.46. The number of nitrogens with one attached hydrogen (secondary N) is 1. The van der Waals surface area contributed by atoms with Gasteiger partial charge in [0.25, 0.3) is 5.56 Å². The summed E-state index contributed by atoms with van der Waals surface area (Å²) in [7, 11) is 0. The monoisotopic (exact) mass is 338 g/mol. The van der Waals surface area contributed by atoms with E-state index in [1.54, 1.807) is 10.5 Å². The molecule has 1 atom stereocenters. The quantitative estimate of drug-likeness (QED) is 0.772. The van der Waals surface area contributed by atoms with Crippen molar-refractivity contribution in [3.63, 3.8) is 0 Å². The standard InChI is InChI=1S/C20H20FN3O/c1-14-3-2-4-19-22-17(11-20(25)24(14)19)13-23(18-9-10-18)12-15-5-7-16(21)8-6-15/h2-8,11,18H,9-10,12-13H2,1H3/p+1. The lowest BCUT2D eigenvalue weighted by Gasteiger charge is -2.19. The highest BCUT2D eigenvalue weighted by molar-refractivity contribution is 5.40. The van der Waals surface area contributed by atoms with Crippen LogP contribution in [-0.4, -0.2) is 15.4 Å². The number of quaternary nitrogens is 1. The average molecular weight is 338 g/mol. The van der Waals surface area contributed by atoms with Crippen LogP contribution in [0.25, 0.3) is 5.65 Å². The number of rotatable bonds is 5. The Morgan fingerprint density at radius 1 is 1.16 bits per heavy atom. The Labute approximate surface area is 145 Å². The van der Waals surface area contributed by atoms with Crippen molar-refractivity contribution in [1.29, 1.82) is 0 Å². The van der Waals surface area contributed by atoms with Gasteiger partial charge in [0.1, 0.15) is 30.2 Å². The number of benzene rings is 1. The predicted molar refractivity (Wildman–Crippen MR) is 94.0 cm³/mol. The molecule has 0 bridgehead atoms. The number of hydrogen-bond donors (Lipinski definition) is 1. The Kier molecular flexibility index (Phi) is 4.09. The van der Waals surface area contributed by atoms with Gasteiger partial charge in [0.2, 0.25) is 0 Å². The largest absolute Gasteiger partial charge is 0.324 e. The van der Waals surface area contributed by atoms with Crippen molar-refractivity contribution in [3.05, 3.63) is 81.7 Å². The van der Waals surface area contributed by atoms with Gasteiger partial charge < -0.3 is 4.90 Å². The SMILES string of the molecule is Cc1cccc2nc(C[NH+](Cc3ccc(F)cc3)C3CC3)cc(=O)n12. The van der Waals surface area contributed by atoms with Crippen LogP contribution in [0.2, 0.25) is 0 Å². The van der Waals surface area contributed by atoms with E-state index in [4.69, 9.17) is 0 Å². The topological polar surface area (TPSA) is 38.8 Å². The van der Waals surface area contributed by atoms with Gasteiger partial charge in [0, 0.05) is 30.2 Å². The van der Waals surface area contributed by atoms with Crippen molar-refractivity contribution >= 4 is 5.65 Å². The van der Waals surface area contributed by atoms with Crippen LogP contribution in [0.1, 0.15) is 29.8 Å². The van der Waals surface area contributed by atoms with Crippen LogP contribution in [0.5, 0.6) is 0 Å². The van der Waals surface area contributed by atoms with Gasteiger partial charge in [0.05, 0.1) is 6.04 Å².